The number of fused-ring (bicyclic) bond motifs is 1. The van der Waals surface area contributed by atoms with Crippen molar-refractivity contribution in [2.24, 2.45) is 5.73 Å². The summed E-state index contributed by atoms with van der Waals surface area (Å²) in [6, 6.07) is 14.0. The van der Waals surface area contributed by atoms with Crippen molar-refractivity contribution in [1.29, 1.82) is 0 Å². The highest BCUT2D eigenvalue weighted by Gasteiger charge is 2.41. The molecule has 2 aromatic carbocycles. The summed E-state index contributed by atoms with van der Waals surface area (Å²) in [4.78, 5) is 19.5. The first-order valence-electron chi connectivity index (χ1n) is 11.5. The normalized spacial score (nSPS) is 13.6. The zero-order valence-electron chi connectivity index (χ0n) is 19.8. The molecule has 1 heterocycles. The monoisotopic (exact) mass is 436 g/mol. The molecule has 0 aliphatic rings. The quantitative estimate of drug-likeness (QED) is 0.444. The summed E-state index contributed by atoms with van der Waals surface area (Å²) in [5, 5.41) is 10.3. The Morgan fingerprint density at radius 2 is 1.81 bits per heavy atom. The van der Waals surface area contributed by atoms with E-state index in [1.54, 1.807) is 0 Å². The fraction of sp³-hybridized carbons (Fsp3) is 0.462. The molecular weight excluding hydrogens is 400 g/mol. The third-order valence-electron chi connectivity index (χ3n) is 6.19. The molecule has 3 N–H and O–H groups in total. The minimum Gasteiger partial charge on any atom is -0.480 e. The number of hydrogen-bond donors (Lipinski definition) is 2. The Balaban J connectivity index is 2.02. The smallest absolute Gasteiger partial charge is 0.331 e. The summed E-state index contributed by atoms with van der Waals surface area (Å²) in [5.74, 6) is -0.631. The molecule has 0 amide bonds. The second-order valence-electron chi connectivity index (χ2n) is 8.85. The van der Waals surface area contributed by atoms with Crippen LogP contribution in [0, 0.1) is 0 Å². The second kappa shape index (κ2) is 10.3. The van der Waals surface area contributed by atoms with E-state index < -0.39 is 11.5 Å². The maximum Gasteiger partial charge on any atom is 0.331 e. The van der Waals surface area contributed by atoms with Gasteiger partial charge in [0, 0.05) is 13.0 Å². The highest BCUT2D eigenvalue weighted by Crippen LogP contribution is 2.29. The van der Waals surface area contributed by atoms with Crippen molar-refractivity contribution in [2.75, 3.05) is 20.6 Å². The van der Waals surface area contributed by atoms with Gasteiger partial charge in [0.25, 0.3) is 0 Å². The van der Waals surface area contributed by atoms with Crippen molar-refractivity contribution >= 4 is 17.0 Å². The van der Waals surface area contributed by atoms with E-state index in [9.17, 15) is 9.90 Å². The number of unbranched alkanes of at least 4 members (excludes halogenated alkanes) is 1. The number of carbonyl (C=O) groups is 1. The number of aryl methyl sites for hydroxylation is 3. The van der Waals surface area contributed by atoms with E-state index in [1.807, 2.05) is 34.9 Å². The van der Waals surface area contributed by atoms with Crippen LogP contribution in [0.4, 0.5) is 0 Å². The molecule has 0 fully saturated rings. The number of hydrogen-bond acceptors (Lipinski definition) is 4. The lowest BCUT2D eigenvalue weighted by molar-refractivity contribution is -0.144. The molecule has 1 unspecified atom stereocenters. The fourth-order valence-corrected chi connectivity index (χ4v) is 4.38. The van der Waals surface area contributed by atoms with Crippen LogP contribution in [-0.4, -0.2) is 46.2 Å². The molecule has 3 rings (SSSR count). The van der Waals surface area contributed by atoms with Crippen LogP contribution in [-0.2, 0) is 36.1 Å². The van der Waals surface area contributed by atoms with Crippen molar-refractivity contribution in [3.8, 4) is 0 Å². The Labute approximate surface area is 191 Å². The summed E-state index contributed by atoms with van der Waals surface area (Å²) < 4.78 is 2.01. The molecule has 32 heavy (non-hydrogen) atoms. The molecular formula is C26H36N4O2. The van der Waals surface area contributed by atoms with Gasteiger partial charge in [-0.15, -0.1) is 0 Å². The predicted molar refractivity (Wildman–Crippen MR) is 130 cm³/mol. The van der Waals surface area contributed by atoms with E-state index in [1.165, 1.54) is 11.1 Å². The summed E-state index contributed by atoms with van der Waals surface area (Å²) in [6.45, 7) is 5.93. The van der Waals surface area contributed by atoms with E-state index in [0.29, 0.717) is 12.4 Å². The van der Waals surface area contributed by atoms with Crippen LogP contribution in [0.5, 0.6) is 0 Å². The van der Waals surface area contributed by atoms with Gasteiger partial charge in [-0.25, -0.2) is 9.78 Å². The lowest BCUT2D eigenvalue weighted by atomic mass is 9.88. The van der Waals surface area contributed by atoms with E-state index in [4.69, 9.17) is 10.7 Å². The van der Waals surface area contributed by atoms with Crippen LogP contribution in [0.15, 0.2) is 42.5 Å². The van der Waals surface area contributed by atoms with Crippen molar-refractivity contribution in [3.63, 3.8) is 0 Å². The molecule has 1 atom stereocenters. The maximum atomic E-state index is 12.6. The second-order valence-corrected chi connectivity index (χ2v) is 8.85. The molecule has 1 aromatic heterocycles. The number of nitrogens with two attached hydrogens (primary N) is 1. The number of aliphatic carboxylic acids is 1. The molecule has 172 valence electrons. The van der Waals surface area contributed by atoms with Crippen LogP contribution in [0.1, 0.15) is 49.2 Å². The van der Waals surface area contributed by atoms with Crippen molar-refractivity contribution in [2.45, 2.75) is 58.0 Å². The Morgan fingerprint density at radius 3 is 2.47 bits per heavy atom. The molecule has 0 bridgehead atoms. The van der Waals surface area contributed by atoms with Crippen LogP contribution in [0.2, 0.25) is 0 Å². The van der Waals surface area contributed by atoms with Gasteiger partial charge in [0.2, 0.25) is 0 Å². The summed E-state index contributed by atoms with van der Waals surface area (Å²) in [6.07, 6.45) is 4.00. The van der Waals surface area contributed by atoms with E-state index >= 15 is 0 Å². The van der Waals surface area contributed by atoms with E-state index in [2.05, 4.69) is 45.0 Å². The van der Waals surface area contributed by atoms with Crippen LogP contribution < -0.4 is 5.73 Å². The van der Waals surface area contributed by atoms with Crippen LogP contribution >= 0.6 is 0 Å². The Kier molecular flexibility index (Phi) is 7.69. The highest BCUT2D eigenvalue weighted by atomic mass is 16.4. The minimum atomic E-state index is -1.61. The first-order chi connectivity index (χ1) is 15.3. The van der Waals surface area contributed by atoms with Crippen molar-refractivity contribution in [3.05, 3.63) is 65.0 Å². The fourth-order valence-electron chi connectivity index (χ4n) is 4.38. The molecule has 0 aliphatic carbocycles. The molecule has 0 saturated carbocycles. The van der Waals surface area contributed by atoms with Crippen molar-refractivity contribution < 1.29 is 9.90 Å². The molecule has 0 spiro atoms. The minimum absolute atomic E-state index is 0.195. The van der Waals surface area contributed by atoms with Gasteiger partial charge in [0.1, 0.15) is 5.82 Å². The third kappa shape index (κ3) is 5.03. The van der Waals surface area contributed by atoms with Gasteiger partial charge in [-0.05, 0) is 75.1 Å². The summed E-state index contributed by atoms with van der Waals surface area (Å²) >= 11 is 0. The number of benzene rings is 2. The molecule has 6 heteroatoms. The van der Waals surface area contributed by atoms with E-state index in [0.717, 1.165) is 48.8 Å². The number of aromatic nitrogens is 2. The van der Waals surface area contributed by atoms with Gasteiger partial charge >= 0.3 is 5.97 Å². The lowest BCUT2D eigenvalue weighted by Crippen LogP contribution is -2.49. The molecule has 3 aromatic rings. The maximum absolute atomic E-state index is 12.6. The number of carboxylic acid groups (broad SMARTS) is 1. The van der Waals surface area contributed by atoms with Gasteiger partial charge in [-0.1, -0.05) is 44.2 Å². The summed E-state index contributed by atoms with van der Waals surface area (Å²) in [7, 11) is 4.11. The molecule has 0 aliphatic heterocycles. The standard InChI is InChI=1S/C26H36N4O2/c1-5-20-14-13-19(17-21(20)6-2)18-26(27,25(31)32)24-28-22-11-7-8-12-23(22)30(24)16-10-9-15-29(3)4/h7-8,11-14,17H,5-6,9-10,15-16,18,27H2,1-4H3,(H,31,32). The van der Waals surface area contributed by atoms with E-state index in [-0.39, 0.29) is 6.42 Å². The topological polar surface area (TPSA) is 84.4 Å². The molecule has 0 radical (unpaired) electrons. The predicted octanol–water partition coefficient (Wildman–Crippen LogP) is 3.98. The Bertz CT molecular complexity index is 1070. The average Bonchev–Trinajstić information content (AvgIpc) is 3.15. The van der Waals surface area contributed by atoms with Gasteiger partial charge in [-0.3, -0.25) is 0 Å². The summed E-state index contributed by atoms with van der Waals surface area (Å²) in [5.41, 5.74) is 10.2. The number of carboxylic acids is 1. The third-order valence-corrected chi connectivity index (χ3v) is 6.19. The van der Waals surface area contributed by atoms with Crippen molar-refractivity contribution in [1.82, 2.24) is 14.5 Å². The first kappa shape index (κ1) is 24.0. The first-order valence-corrected chi connectivity index (χ1v) is 11.5. The van der Waals surface area contributed by atoms with Gasteiger partial charge < -0.3 is 20.3 Å². The van der Waals surface area contributed by atoms with Gasteiger partial charge in [0.15, 0.2) is 5.54 Å². The van der Waals surface area contributed by atoms with Gasteiger partial charge in [-0.2, -0.15) is 0 Å². The lowest BCUT2D eigenvalue weighted by Gasteiger charge is -2.26. The SMILES string of the molecule is CCc1ccc(CC(N)(C(=O)O)c2nc3ccccc3n2CCCCN(C)C)cc1CC. The largest absolute Gasteiger partial charge is 0.480 e. The zero-order chi connectivity index (χ0) is 23.3. The molecule has 0 saturated heterocycles. The number of para-hydroxylation sites is 2. The molecule has 6 nitrogen and oxygen atoms in total. The van der Waals surface area contributed by atoms with Crippen LogP contribution in [0.25, 0.3) is 11.0 Å². The number of rotatable bonds is 11. The Morgan fingerprint density at radius 1 is 1.09 bits per heavy atom. The number of nitrogens with zero attached hydrogens (tertiary/aromatic N) is 3. The van der Waals surface area contributed by atoms with Crippen LogP contribution in [0.3, 0.4) is 0 Å². The Hall–Kier alpha value is -2.70. The average molecular weight is 437 g/mol. The highest BCUT2D eigenvalue weighted by molar-refractivity contribution is 5.83. The number of imidazole rings is 1. The zero-order valence-corrected chi connectivity index (χ0v) is 19.8. The van der Waals surface area contributed by atoms with Gasteiger partial charge in [0.05, 0.1) is 11.0 Å².